The van der Waals surface area contributed by atoms with Crippen LogP contribution in [0.4, 0.5) is 4.39 Å². The third kappa shape index (κ3) is 5.14. The van der Waals surface area contributed by atoms with Crippen LogP contribution in [0.2, 0.25) is 0 Å². The summed E-state index contributed by atoms with van der Waals surface area (Å²) in [6.45, 7) is 2.64. The number of nitrogens with one attached hydrogen (secondary N) is 4. The van der Waals surface area contributed by atoms with Gasteiger partial charge < -0.3 is 26.2 Å². The molecule has 1 unspecified atom stereocenters. The molecule has 2 bridgehead atoms. The maximum absolute atomic E-state index is 13.7. The van der Waals surface area contributed by atoms with Crippen molar-refractivity contribution in [1.82, 2.24) is 31.1 Å². The molecular formula is C28H34FN7O6. The van der Waals surface area contributed by atoms with E-state index in [4.69, 9.17) is 0 Å². The molecule has 224 valence electrons. The summed E-state index contributed by atoms with van der Waals surface area (Å²) in [5.41, 5.74) is -1.44. The number of Topliss-reactive ketones (excluding diaryl/α,β-unsaturated/α-hetero) is 1. The molecule has 0 radical (unpaired) electrons. The molecule has 6 rings (SSSR count). The number of likely N-dealkylation sites (N-methyl/N-ethyl adjacent to an activating group) is 1. The number of carbonyl (C=O) groups excluding carboxylic acids is 6. The monoisotopic (exact) mass is 583 g/mol. The topological polar surface area (TPSA) is 169 Å². The number of halogens is 1. The molecule has 1 aliphatic carbocycles. The number of amides is 5. The predicted octanol–water partition coefficient (Wildman–Crippen LogP) is -1.47. The zero-order valence-electron chi connectivity index (χ0n) is 23.7. The maximum Gasteiger partial charge on any atom is 0.311 e. The van der Waals surface area contributed by atoms with Crippen LogP contribution < -0.4 is 21.3 Å². The number of nitrogens with zero attached hydrogens (tertiary/aromatic N) is 3. The molecule has 5 amide bonds. The van der Waals surface area contributed by atoms with Crippen molar-refractivity contribution in [2.75, 3.05) is 33.7 Å². The van der Waals surface area contributed by atoms with Gasteiger partial charge in [-0.25, -0.2) is 9.38 Å². The summed E-state index contributed by atoms with van der Waals surface area (Å²) in [7, 11) is 2.85. The van der Waals surface area contributed by atoms with Crippen LogP contribution in [-0.4, -0.2) is 102 Å². The number of aryl methyl sites for hydroxylation is 1. The molecule has 1 saturated carbocycles. The third-order valence-corrected chi connectivity index (χ3v) is 8.65. The first kappa shape index (κ1) is 29.3. The number of hydrogen-bond acceptors (Lipinski definition) is 8. The van der Waals surface area contributed by atoms with E-state index in [-0.39, 0.29) is 56.6 Å². The van der Waals surface area contributed by atoms with Crippen molar-refractivity contribution in [3.63, 3.8) is 0 Å². The van der Waals surface area contributed by atoms with Gasteiger partial charge in [-0.1, -0.05) is 12.1 Å². The van der Waals surface area contributed by atoms with Crippen LogP contribution in [0.5, 0.6) is 0 Å². The average Bonchev–Trinajstić information content (AvgIpc) is 3.16. The van der Waals surface area contributed by atoms with E-state index in [1.165, 1.54) is 26.2 Å². The first-order valence-corrected chi connectivity index (χ1v) is 13.9. The first-order valence-electron chi connectivity index (χ1n) is 13.9. The molecule has 4 fully saturated rings. The van der Waals surface area contributed by atoms with Gasteiger partial charge in [0.25, 0.3) is 17.6 Å². The van der Waals surface area contributed by atoms with Gasteiger partial charge in [0.2, 0.25) is 5.91 Å². The minimum Gasteiger partial charge on any atom is -0.350 e. The Morgan fingerprint density at radius 1 is 1.12 bits per heavy atom. The van der Waals surface area contributed by atoms with E-state index in [9.17, 15) is 33.2 Å². The van der Waals surface area contributed by atoms with Crippen molar-refractivity contribution in [2.45, 2.75) is 56.8 Å². The molecule has 13 nitrogen and oxygen atoms in total. The Kier molecular flexibility index (Phi) is 7.60. The summed E-state index contributed by atoms with van der Waals surface area (Å²) in [6, 6.07) is 2.53. The van der Waals surface area contributed by atoms with E-state index in [0.717, 1.165) is 9.80 Å². The number of carbonyl (C=O) groups is 6. The summed E-state index contributed by atoms with van der Waals surface area (Å²) in [4.78, 5) is 85.7. The van der Waals surface area contributed by atoms with Crippen LogP contribution in [0.25, 0.3) is 0 Å². The van der Waals surface area contributed by atoms with Crippen molar-refractivity contribution >= 4 is 41.2 Å². The fraction of sp³-hybridized carbons (Fsp3) is 0.536. The molecule has 1 aromatic rings. The summed E-state index contributed by atoms with van der Waals surface area (Å²) in [5.74, 6) is -5.34. The van der Waals surface area contributed by atoms with Crippen LogP contribution in [0.1, 0.15) is 36.8 Å². The molecule has 5 aliphatic rings. The lowest BCUT2D eigenvalue weighted by atomic mass is 9.68. The second-order valence-electron chi connectivity index (χ2n) is 11.8. The van der Waals surface area contributed by atoms with Crippen molar-refractivity contribution in [3.05, 3.63) is 35.1 Å². The van der Waals surface area contributed by atoms with Gasteiger partial charge in [-0.3, -0.25) is 33.7 Å². The van der Waals surface area contributed by atoms with E-state index >= 15 is 0 Å². The summed E-state index contributed by atoms with van der Waals surface area (Å²) >= 11 is 0. The number of rotatable bonds is 6. The van der Waals surface area contributed by atoms with Crippen LogP contribution in [0.15, 0.2) is 23.2 Å². The largest absolute Gasteiger partial charge is 0.350 e. The highest BCUT2D eigenvalue weighted by molar-refractivity contribution is 6.46. The number of hydrogen-bond donors (Lipinski definition) is 4. The molecule has 0 aromatic heterocycles. The molecule has 4 N–H and O–H groups in total. The molecule has 1 aromatic carbocycles. The number of aliphatic imine (C=N–C) groups is 1. The predicted molar refractivity (Wildman–Crippen MR) is 146 cm³/mol. The van der Waals surface area contributed by atoms with E-state index in [0.29, 0.717) is 24.2 Å². The van der Waals surface area contributed by atoms with Gasteiger partial charge in [0.05, 0.1) is 17.0 Å². The van der Waals surface area contributed by atoms with Crippen molar-refractivity contribution < 1.29 is 33.2 Å². The first-order chi connectivity index (χ1) is 19.9. The molecular weight excluding hydrogens is 549 g/mol. The number of amidine groups is 1. The fourth-order valence-electron chi connectivity index (χ4n) is 5.93. The Labute approximate surface area is 241 Å². The van der Waals surface area contributed by atoms with E-state index in [2.05, 4.69) is 26.3 Å². The maximum atomic E-state index is 13.7. The molecule has 4 heterocycles. The fourth-order valence-corrected chi connectivity index (χ4v) is 5.93. The van der Waals surface area contributed by atoms with Crippen LogP contribution in [0.3, 0.4) is 0 Å². The van der Waals surface area contributed by atoms with Crippen molar-refractivity contribution in [3.8, 4) is 0 Å². The van der Waals surface area contributed by atoms with Crippen LogP contribution >= 0.6 is 0 Å². The lowest BCUT2D eigenvalue weighted by Gasteiger charge is -2.42. The molecule has 14 heteroatoms. The Morgan fingerprint density at radius 3 is 2.40 bits per heavy atom. The Hall–Kier alpha value is -4.20. The number of ketones is 1. The van der Waals surface area contributed by atoms with E-state index in [1.807, 2.05) is 0 Å². The zero-order valence-corrected chi connectivity index (χ0v) is 23.7. The molecule has 0 spiro atoms. The molecule has 1 atom stereocenters. The van der Waals surface area contributed by atoms with Gasteiger partial charge in [0.1, 0.15) is 11.7 Å². The SMILES string of the molecule is Cc1cc(CNC(=O)C2N=C3N(CC4(C(=O)NC5CNC5)CCC3(NC(=O)C(=O)N(C)C)CC4)C(=O)C2=O)ccc1F. The Morgan fingerprint density at radius 2 is 1.81 bits per heavy atom. The van der Waals surface area contributed by atoms with Crippen LogP contribution in [-0.2, 0) is 35.3 Å². The normalized spacial score (nSPS) is 26.8. The standard InChI is InChI=1S/C28H34FN7O6/c1-15-10-16(4-5-18(15)29)11-31-21(38)19-20(37)23(40)36-14-27(26(42)32-17-12-30-13-17)6-8-28(9-7-27,25(36)33-19)34-22(39)24(41)35(2)3/h4-5,10,17,19,30H,6-9,11-14H2,1-3H3,(H,31,38)(H,32,42)(H,34,39). The third-order valence-electron chi connectivity index (χ3n) is 8.65. The highest BCUT2D eigenvalue weighted by Crippen LogP contribution is 2.47. The lowest BCUT2D eigenvalue weighted by molar-refractivity contribution is -0.147. The van der Waals surface area contributed by atoms with Gasteiger partial charge >= 0.3 is 11.8 Å². The van der Waals surface area contributed by atoms with Crippen molar-refractivity contribution in [1.29, 1.82) is 0 Å². The molecule has 4 aliphatic heterocycles. The van der Waals surface area contributed by atoms with Gasteiger partial charge in [0, 0.05) is 40.3 Å². The highest BCUT2D eigenvalue weighted by atomic mass is 19.1. The van der Waals surface area contributed by atoms with Gasteiger partial charge in [-0.15, -0.1) is 0 Å². The summed E-state index contributed by atoms with van der Waals surface area (Å²) < 4.78 is 13.7. The average molecular weight is 584 g/mol. The van der Waals surface area contributed by atoms with Crippen molar-refractivity contribution in [2.24, 2.45) is 10.4 Å². The molecule has 3 saturated heterocycles. The van der Waals surface area contributed by atoms with E-state index < -0.39 is 52.2 Å². The second-order valence-corrected chi connectivity index (χ2v) is 11.8. The van der Waals surface area contributed by atoms with Crippen LogP contribution in [0, 0.1) is 18.2 Å². The minimum absolute atomic E-state index is 0.0118. The lowest BCUT2D eigenvalue weighted by Crippen LogP contribution is -2.65. The van der Waals surface area contributed by atoms with Gasteiger partial charge in [-0.05, 0) is 49.8 Å². The van der Waals surface area contributed by atoms with E-state index in [1.54, 1.807) is 13.0 Å². The summed E-state index contributed by atoms with van der Waals surface area (Å²) in [5, 5.41) is 11.4. The number of benzene rings is 1. The smallest absolute Gasteiger partial charge is 0.311 e. The minimum atomic E-state index is -1.73. The summed E-state index contributed by atoms with van der Waals surface area (Å²) in [6.07, 6.45) is 0.839. The highest BCUT2D eigenvalue weighted by Gasteiger charge is 2.60. The second kappa shape index (κ2) is 10.9. The van der Waals surface area contributed by atoms with Gasteiger partial charge in [-0.2, -0.15) is 0 Å². The Bertz CT molecular complexity index is 1400. The molecule has 42 heavy (non-hydrogen) atoms. The Balaban J connectivity index is 1.47. The zero-order chi connectivity index (χ0) is 30.4. The quantitative estimate of drug-likeness (QED) is 0.234. The van der Waals surface area contributed by atoms with Gasteiger partial charge in [0.15, 0.2) is 6.04 Å². The number of fused-ring (bicyclic) bond motifs is 2.